The maximum atomic E-state index is 13.0. The van der Waals surface area contributed by atoms with Crippen molar-refractivity contribution in [3.63, 3.8) is 0 Å². The van der Waals surface area contributed by atoms with E-state index in [1.54, 1.807) is 0 Å². The fraction of sp³-hybridized carbons (Fsp3) is 0.316. The van der Waals surface area contributed by atoms with Crippen LogP contribution in [0, 0.1) is 6.92 Å². The van der Waals surface area contributed by atoms with Gasteiger partial charge in [0.25, 0.3) is 5.91 Å². The lowest BCUT2D eigenvalue weighted by Gasteiger charge is -2.26. The standard InChI is InChI=1S/C19H20F3NO/c1-13-7-6-8-14(11-13)18(2,3)12-23-17(24)15-9-4-5-10-16(15)19(20,21)22/h4-11H,12H2,1-3H3,(H,23,24). The number of aryl methyl sites for hydroxylation is 1. The van der Waals surface area contributed by atoms with E-state index in [9.17, 15) is 18.0 Å². The number of carbonyl (C=O) groups is 1. The first-order valence-electron chi connectivity index (χ1n) is 7.63. The number of carbonyl (C=O) groups excluding carboxylic acids is 1. The largest absolute Gasteiger partial charge is 0.417 e. The highest BCUT2D eigenvalue weighted by Crippen LogP contribution is 2.32. The Morgan fingerprint density at radius 2 is 1.71 bits per heavy atom. The first-order chi connectivity index (χ1) is 11.1. The maximum Gasteiger partial charge on any atom is 0.417 e. The third kappa shape index (κ3) is 4.16. The highest BCUT2D eigenvalue weighted by Gasteiger charge is 2.35. The highest BCUT2D eigenvalue weighted by atomic mass is 19.4. The van der Waals surface area contributed by atoms with Crippen LogP contribution in [0.1, 0.15) is 40.9 Å². The zero-order valence-electron chi connectivity index (χ0n) is 13.9. The summed E-state index contributed by atoms with van der Waals surface area (Å²) in [6.45, 7) is 6.09. The van der Waals surface area contributed by atoms with Crippen molar-refractivity contribution in [2.45, 2.75) is 32.4 Å². The Bertz CT molecular complexity index is 735. The summed E-state index contributed by atoms with van der Waals surface area (Å²) in [7, 11) is 0. The summed E-state index contributed by atoms with van der Waals surface area (Å²) >= 11 is 0. The number of hydrogen-bond acceptors (Lipinski definition) is 1. The summed E-state index contributed by atoms with van der Waals surface area (Å²) in [5.41, 5.74) is 0.441. The summed E-state index contributed by atoms with van der Waals surface area (Å²) in [6, 6.07) is 12.7. The molecule has 2 rings (SSSR count). The Morgan fingerprint density at radius 3 is 2.33 bits per heavy atom. The van der Waals surface area contributed by atoms with Crippen molar-refractivity contribution in [3.8, 4) is 0 Å². The molecule has 0 aliphatic rings. The number of alkyl halides is 3. The van der Waals surface area contributed by atoms with Gasteiger partial charge in [-0.3, -0.25) is 4.79 Å². The molecule has 5 heteroatoms. The molecule has 0 fully saturated rings. The van der Waals surface area contributed by atoms with Gasteiger partial charge in [0.15, 0.2) is 0 Å². The zero-order valence-corrected chi connectivity index (χ0v) is 13.9. The Balaban J connectivity index is 2.17. The van der Waals surface area contributed by atoms with Gasteiger partial charge in [-0.25, -0.2) is 0 Å². The molecule has 0 saturated carbocycles. The van der Waals surface area contributed by atoms with Gasteiger partial charge >= 0.3 is 6.18 Å². The van der Waals surface area contributed by atoms with Crippen LogP contribution in [0.3, 0.4) is 0 Å². The lowest BCUT2D eigenvalue weighted by atomic mass is 9.84. The van der Waals surface area contributed by atoms with E-state index in [4.69, 9.17) is 0 Å². The van der Waals surface area contributed by atoms with Gasteiger partial charge in [-0.1, -0.05) is 55.8 Å². The van der Waals surface area contributed by atoms with E-state index in [0.29, 0.717) is 0 Å². The number of nitrogens with one attached hydrogen (secondary N) is 1. The molecular weight excluding hydrogens is 315 g/mol. The molecule has 0 saturated heterocycles. The number of halogens is 3. The van der Waals surface area contributed by atoms with Gasteiger partial charge in [-0.15, -0.1) is 0 Å². The van der Waals surface area contributed by atoms with E-state index in [1.807, 2.05) is 45.0 Å². The first kappa shape index (κ1) is 18.0. The van der Waals surface area contributed by atoms with E-state index in [1.165, 1.54) is 18.2 Å². The van der Waals surface area contributed by atoms with Crippen LogP contribution in [0.5, 0.6) is 0 Å². The third-order valence-electron chi connectivity index (χ3n) is 3.97. The van der Waals surface area contributed by atoms with Crippen LogP contribution in [0.25, 0.3) is 0 Å². The summed E-state index contributed by atoms with van der Waals surface area (Å²) in [5.74, 6) is -0.719. The zero-order chi connectivity index (χ0) is 18.0. The van der Waals surface area contributed by atoms with Gasteiger partial charge in [0.05, 0.1) is 11.1 Å². The number of amides is 1. The van der Waals surface area contributed by atoms with Crippen molar-refractivity contribution >= 4 is 5.91 Å². The van der Waals surface area contributed by atoms with Gasteiger partial charge in [-0.05, 0) is 24.6 Å². The second-order valence-corrected chi connectivity index (χ2v) is 6.48. The summed E-state index contributed by atoms with van der Waals surface area (Å²) in [6.07, 6.45) is -4.56. The molecule has 0 bridgehead atoms. The van der Waals surface area contributed by atoms with E-state index < -0.39 is 23.1 Å². The molecule has 1 N–H and O–H groups in total. The normalized spacial score (nSPS) is 12.1. The summed E-state index contributed by atoms with van der Waals surface area (Å²) < 4.78 is 39.0. The second-order valence-electron chi connectivity index (χ2n) is 6.48. The monoisotopic (exact) mass is 335 g/mol. The molecule has 0 aliphatic heterocycles. The minimum atomic E-state index is -4.56. The first-order valence-corrected chi connectivity index (χ1v) is 7.63. The second kappa shape index (κ2) is 6.67. The number of rotatable bonds is 4. The van der Waals surface area contributed by atoms with Crippen LogP contribution < -0.4 is 5.32 Å². The molecule has 0 aliphatic carbocycles. The predicted octanol–water partition coefficient (Wildman–Crippen LogP) is 4.72. The molecule has 2 aromatic rings. The van der Waals surface area contributed by atoms with Crippen molar-refractivity contribution < 1.29 is 18.0 Å². The van der Waals surface area contributed by atoms with Gasteiger partial charge in [0.2, 0.25) is 0 Å². The van der Waals surface area contributed by atoms with Crippen molar-refractivity contribution in [2.75, 3.05) is 6.54 Å². The van der Waals surface area contributed by atoms with Crippen LogP contribution >= 0.6 is 0 Å². The third-order valence-corrected chi connectivity index (χ3v) is 3.97. The van der Waals surface area contributed by atoms with Crippen molar-refractivity contribution in [2.24, 2.45) is 0 Å². The Hall–Kier alpha value is -2.30. The minimum Gasteiger partial charge on any atom is -0.351 e. The van der Waals surface area contributed by atoms with E-state index in [0.717, 1.165) is 17.2 Å². The summed E-state index contributed by atoms with van der Waals surface area (Å²) in [4.78, 5) is 12.2. The minimum absolute atomic E-state index is 0.238. The van der Waals surface area contributed by atoms with Crippen LogP contribution in [0.4, 0.5) is 13.2 Å². The lowest BCUT2D eigenvalue weighted by molar-refractivity contribution is -0.137. The van der Waals surface area contributed by atoms with Crippen LogP contribution in [-0.2, 0) is 11.6 Å². The van der Waals surface area contributed by atoms with Crippen LogP contribution in [-0.4, -0.2) is 12.5 Å². The average molecular weight is 335 g/mol. The number of hydrogen-bond donors (Lipinski definition) is 1. The average Bonchev–Trinajstić information content (AvgIpc) is 2.52. The van der Waals surface area contributed by atoms with Gasteiger partial charge < -0.3 is 5.32 Å². The lowest BCUT2D eigenvalue weighted by Crippen LogP contribution is -2.37. The topological polar surface area (TPSA) is 29.1 Å². The molecule has 0 unspecified atom stereocenters. The van der Waals surface area contributed by atoms with Crippen LogP contribution in [0.15, 0.2) is 48.5 Å². The van der Waals surface area contributed by atoms with Crippen molar-refractivity contribution in [1.29, 1.82) is 0 Å². The SMILES string of the molecule is Cc1cccc(C(C)(C)CNC(=O)c2ccccc2C(F)(F)F)c1. The van der Waals surface area contributed by atoms with Gasteiger partial charge in [0.1, 0.15) is 0 Å². The van der Waals surface area contributed by atoms with Crippen molar-refractivity contribution in [1.82, 2.24) is 5.32 Å². The molecule has 1 amide bonds. The predicted molar refractivity (Wildman–Crippen MR) is 88.0 cm³/mol. The van der Waals surface area contributed by atoms with E-state index in [2.05, 4.69) is 5.32 Å². The quantitative estimate of drug-likeness (QED) is 0.860. The number of benzene rings is 2. The molecule has 0 aromatic heterocycles. The Kier molecular flexibility index (Phi) is 5.02. The van der Waals surface area contributed by atoms with Gasteiger partial charge in [0, 0.05) is 12.0 Å². The molecule has 2 aromatic carbocycles. The van der Waals surface area contributed by atoms with E-state index in [-0.39, 0.29) is 12.1 Å². The highest BCUT2D eigenvalue weighted by molar-refractivity contribution is 5.95. The molecule has 0 spiro atoms. The molecule has 128 valence electrons. The van der Waals surface area contributed by atoms with Gasteiger partial charge in [-0.2, -0.15) is 13.2 Å². The molecule has 0 heterocycles. The smallest absolute Gasteiger partial charge is 0.351 e. The van der Waals surface area contributed by atoms with E-state index >= 15 is 0 Å². The molecule has 2 nitrogen and oxygen atoms in total. The molecular formula is C19H20F3NO. The molecule has 0 atom stereocenters. The fourth-order valence-corrected chi connectivity index (χ4v) is 2.49. The fourth-order valence-electron chi connectivity index (χ4n) is 2.49. The maximum absolute atomic E-state index is 13.0. The summed E-state index contributed by atoms with van der Waals surface area (Å²) in [5, 5.41) is 2.63. The molecule has 24 heavy (non-hydrogen) atoms. The van der Waals surface area contributed by atoms with Crippen LogP contribution in [0.2, 0.25) is 0 Å². The Morgan fingerprint density at radius 1 is 1.04 bits per heavy atom. The molecule has 0 radical (unpaired) electrons. The van der Waals surface area contributed by atoms with Crippen molar-refractivity contribution in [3.05, 3.63) is 70.8 Å². The Labute approximate surface area is 139 Å².